The van der Waals surface area contributed by atoms with Crippen molar-refractivity contribution in [2.45, 2.75) is 26.0 Å². The summed E-state index contributed by atoms with van der Waals surface area (Å²) in [6.45, 7) is 4.11. The molecule has 0 saturated carbocycles. The molecule has 1 aliphatic heterocycles. The number of alkyl carbamates (subject to hydrolysis) is 1. The van der Waals surface area contributed by atoms with Crippen molar-refractivity contribution in [3.63, 3.8) is 0 Å². The van der Waals surface area contributed by atoms with Crippen molar-refractivity contribution in [2.75, 3.05) is 36.5 Å². The molecule has 182 valence electrons. The number of ether oxygens (including phenoxy) is 2. The molecule has 1 aromatic heterocycles. The second kappa shape index (κ2) is 11.8. The van der Waals surface area contributed by atoms with Crippen LogP contribution in [0, 0.1) is 0 Å². The average Bonchev–Trinajstić information content (AvgIpc) is 3.23. The molecule has 2 heterocycles. The lowest BCUT2D eigenvalue weighted by Gasteiger charge is -2.27. The standard InChI is InChI=1S/C22H25ClN4O6S/c1-13(2)33-22(31)26-16(11-24-21(30)17-7-8-18(23)34-17)20(29)25-14-3-5-15(6-4-14)27-9-10-32-12-19(27)28/h3-8,13,16H,9-12H2,1-2H3,(H,24,30)(H,25,29)(H,26,31)/t16-/m1/s1. The molecule has 0 radical (unpaired) electrons. The first kappa shape index (κ1) is 25.5. The number of nitrogens with one attached hydrogen (secondary N) is 3. The summed E-state index contributed by atoms with van der Waals surface area (Å²) in [5.74, 6) is -1.12. The molecule has 0 bridgehead atoms. The normalized spacial score (nSPS) is 14.5. The molecule has 3 N–H and O–H groups in total. The minimum Gasteiger partial charge on any atom is -0.447 e. The van der Waals surface area contributed by atoms with Crippen LogP contribution in [0.5, 0.6) is 0 Å². The number of carbonyl (C=O) groups excluding carboxylic acids is 4. The Bertz CT molecular complexity index is 1040. The van der Waals surface area contributed by atoms with E-state index in [9.17, 15) is 19.2 Å². The molecule has 1 aliphatic rings. The summed E-state index contributed by atoms with van der Waals surface area (Å²) in [7, 11) is 0. The Balaban J connectivity index is 1.65. The Labute approximate surface area is 205 Å². The molecule has 4 amide bonds. The number of thiophene rings is 1. The summed E-state index contributed by atoms with van der Waals surface area (Å²) >= 11 is 6.97. The molecule has 1 aromatic carbocycles. The van der Waals surface area contributed by atoms with Gasteiger partial charge in [-0.15, -0.1) is 11.3 Å². The third kappa shape index (κ3) is 7.17. The number of rotatable bonds is 8. The SMILES string of the molecule is CC(C)OC(=O)N[C@H](CNC(=O)c1ccc(Cl)s1)C(=O)Nc1ccc(N2CCOCC2=O)cc1. The van der Waals surface area contributed by atoms with Crippen molar-refractivity contribution in [3.8, 4) is 0 Å². The number of hydrogen-bond donors (Lipinski definition) is 3. The quantitative estimate of drug-likeness (QED) is 0.503. The van der Waals surface area contributed by atoms with Crippen LogP contribution in [-0.2, 0) is 19.1 Å². The number of anilines is 2. The van der Waals surface area contributed by atoms with E-state index >= 15 is 0 Å². The maximum atomic E-state index is 12.9. The Morgan fingerprint density at radius 3 is 2.53 bits per heavy atom. The number of amides is 4. The molecule has 2 aromatic rings. The van der Waals surface area contributed by atoms with Crippen LogP contribution < -0.4 is 20.9 Å². The lowest BCUT2D eigenvalue weighted by molar-refractivity contribution is -0.125. The smallest absolute Gasteiger partial charge is 0.408 e. The second-order valence-electron chi connectivity index (χ2n) is 7.60. The zero-order valence-electron chi connectivity index (χ0n) is 18.6. The van der Waals surface area contributed by atoms with Gasteiger partial charge in [-0.25, -0.2) is 4.79 Å². The first-order chi connectivity index (χ1) is 16.2. The van der Waals surface area contributed by atoms with E-state index in [0.29, 0.717) is 33.7 Å². The number of morpholine rings is 1. The van der Waals surface area contributed by atoms with Crippen LogP contribution in [0.1, 0.15) is 23.5 Å². The number of nitrogens with zero attached hydrogens (tertiary/aromatic N) is 1. The zero-order valence-corrected chi connectivity index (χ0v) is 20.2. The minimum absolute atomic E-state index is 0.0295. The highest BCUT2D eigenvalue weighted by Crippen LogP contribution is 2.21. The first-order valence-electron chi connectivity index (χ1n) is 10.5. The van der Waals surface area contributed by atoms with Gasteiger partial charge in [0.15, 0.2) is 0 Å². The summed E-state index contributed by atoms with van der Waals surface area (Å²) in [6, 6.07) is 8.76. The van der Waals surface area contributed by atoms with Gasteiger partial charge in [-0.3, -0.25) is 14.4 Å². The van der Waals surface area contributed by atoms with Gasteiger partial charge in [0.25, 0.3) is 11.8 Å². The van der Waals surface area contributed by atoms with E-state index < -0.39 is 23.9 Å². The van der Waals surface area contributed by atoms with Crippen molar-refractivity contribution >= 4 is 58.1 Å². The molecule has 0 unspecified atom stereocenters. The molecule has 1 saturated heterocycles. The molecule has 1 fully saturated rings. The summed E-state index contributed by atoms with van der Waals surface area (Å²) < 4.78 is 10.7. The fraction of sp³-hybridized carbons (Fsp3) is 0.364. The molecule has 1 atom stereocenters. The van der Waals surface area contributed by atoms with E-state index in [1.165, 1.54) is 0 Å². The van der Waals surface area contributed by atoms with E-state index in [2.05, 4.69) is 16.0 Å². The number of halogens is 1. The highest BCUT2D eigenvalue weighted by Gasteiger charge is 2.24. The Morgan fingerprint density at radius 1 is 1.18 bits per heavy atom. The molecule has 0 spiro atoms. The lowest BCUT2D eigenvalue weighted by Crippen LogP contribution is -2.51. The fourth-order valence-corrected chi connectivity index (χ4v) is 4.02. The van der Waals surface area contributed by atoms with Crippen molar-refractivity contribution in [3.05, 3.63) is 45.6 Å². The van der Waals surface area contributed by atoms with Gasteiger partial charge < -0.3 is 30.3 Å². The first-order valence-corrected chi connectivity index (χ1v) is 11.7. The van der Waals surface area contributed by atoms with Crippen LogP contribution >= 0.6 is 22.9 Å². The van der Waals surface area contributed by atoms with Gasteiger partial charge in [0.05, 0.1) is 21.9 Å². The summed E-state index contributed by atoms with van der Waals surface area (Å²) in [5, 5.41) is 7.79. The number of hydrogen-bond acceptors (Lipinski definition) is 7. The van der Waals surface area contributed by atoms with Gasteiger partial charge in [0, 0.05) is 24.5 Å². The highest BCUT2D eigenvalue weighted by molar-refractivity contribution is 7.18. The summed E-state index contributed by atoms with van der Waals surface area (Å²) in [5.41, 5.74) is 1.14. The number of carbonyl (C=O) groups is 4. The number of benzene rings is 1. The van der Waals surface area contributed by atoms with Crippen LogP contribution in [0.25, 0.3) is 0 Å². The Morgan fingerprint density at radius 2 is 1.91 bits per heavy atom. The van der Waals surface area contributed by atoms with Crippen molar-refractivity contribution < 1.29 is 28.7 Å². The lowest BCUT2D eigenvalue weighted by atomic mass is 10.2. The monoisotopic (exact) mass is 508 g/mol. The Kier molecular flexibility index (Phi) is 8.85. The molecule has 34 heavy (non-hydrogen) atoms. The topological polar surface area (TPSA) is 126 Å². The van der Waals surface area contributed by atoms with E-state index in [-0.39, 0.29) is 25.2 Å². The van der Waals surface area contributed by atoms with E-state index in [0.717, 1.165) is 11.3 Å². The van der Waals surface area contributed by atoms with Crippen LogP contribution in [0.3, 0.4) is 0 Å². The second-order valence-corrected chi connectivity index (χ2v) is 9.31. The molecule has 10 nitrogen and oxygen atoms in total. The van der Waals surface area contributed by atoms with E-state index in [1.807, 2.05) is 0 Å². The van der Waals surface area contributed by atoms with Crippen LogP contribution in [0.2, 0.25) is 4.34 Å². The van der Waals surface area contributed by atoms with Gasteiger partial charge >= 0.3 is 6.09 Å². The predicted molar refractivity (Wildman–Crippen MR) is 128 cm³/mol. The highest BCUT2D eigenvalue weighted by atomic mass is 35.5. The predicted octanol–water partition coefficient (Wildman–Crippen LogP) is 2.64. The molecular weight excluding hydrogens is 484 g/mol. The maximum Gasteiger partial charge on any atom is 0.408 e. The van der Waals surface area contributed by atoms with Gasteiger partial charge in [-0.1, -0.05) is 11.6 Å². The fourth-order valence-electron chi connectivity index (χ4n) is 3.06. The molecule has 0 aliphatic carbocycles. The van der Waals surface area contributed by atoms with Gasteiger partial charge in [0.1, 0.15) is 12.6 Å². The van der Waals surface area contributed by atoms with E-state index in [4.69, 9.17) is 21.1 Å². The third-order valence-corrected chi connectivity index (χ3v) is 5.88. The summed E-state index contributed by atoms with van der Waals surface area (Å²) in [6.07, 6.45) is -1.17. The van der Waals surface area contributed by atoms with Crippen LogP contribution in [0.15, 0.2) is 36.4 Å². The third-order valence-electron chi connectivity index (χ3n) is 4.65. The maximum absolute atomic E-state index is 12.9. The van der Waals surface area contributed by atoms with Gasteiger partial charge in [-0.05, 0) is 50.2 Å². The Hall–Kier alpha value is -3.15. The summed E-state index contributed by atoms with van der Waals surface area (Å²) in [4.78, 5) is 51.3. The van der Waals surface area contributed by atoms with E-state index in [1.54, 1.807) is 55.1 Å². The molecule has 3 rings (SSSR count). The largest absolute Gasteiger partial charge is 0.447 e. The minimum atomic E-state index is -1.11. The zero-order chi connectivity index (χ0) is 24.7. The molecule has 12 heteroatoms. The van der Waals surface area contributed by atoms with Crippen LogP contribution in [-0.4, -0.2) is 62.3 Å². The van der Waals surface area contributed by atoms with Crippen molar-refractivity contribution in [1.29, 1.82) is 0 Å². The average molecular weight is 509 g/mol. The molecular formula is C22H25ClN4O6S. The van der Waals surface area contributed by atoms with Gasteiger partial charge in [0.2, 0.25) is 5.91 Å². The van der Waals surface area contributed by atoms with Gasteiger partial charge in [-0.2, -0.15) is 0 Å². The van der Waals surface area contributed by atoms with Crippen molar-refractivity contribution in [2.24, 2.45) is 0 Å². The van der Waals surface area contributed by atoms with Crippen LogP contribution in [0.4, 0.5) is 16.2 Å². The van der Waals surface area contributed by atoms with Crippen molar-refractivity contribution in [1.82, 2.24) is 10.6 Å².